The SMILES string of the molecule is CC1(C)CN(C(=O)c2ccc3c(c2)OCO3)CC(CBr)O1. The standard InChI is InChI=1S/C15H18BrNO4/c1-15(2)8-17(7-11(6-16)21-15)14(18)10-3-4-12-13(5-10)20-9-19-12/h3-5,11H,6-9H2,1-2H3. The van der Waals surface area contributed by atoms with Crippen LogP contribution in [0.4, 0.5) is 0 Å². The number of morpholine rings is 1. The molecule has 0 bridgehead atoms. The third-order valence-electron chi connectivity index (χ3n) is 3.56. The highest BCUT2D eigenvalue weighted by Crippen LogP contribution is 2.33. The first-order valence-electron chi connectivity index (χ1n) is 6.91. The summed E-state index contributed by atoms with van der Waals surface area (Å²) in [6, 6.07) is 5.31. The fourth-order valence-corrected chi connectivity index (χ4v) is 3.08. The predicted molar refractivity (Wildman–Crippen MR) is 81.2 cm³/mol. The van der Waals surface area contributed by atoms with Crippen molar-refractivity contribution in [3.63, 3.8) is 0 Å². The Morgan fingerprint density at radius 3 is 2.90 bits per heavy atom. The van der Waals surface area contributed by atoms with Crippen molar-refractivity contribution < 1.29 is 19.0 Å². The molecule has 1 unspecified atom stereocenters. The zero-order valence-electron chi connectivity index (χ0n) is 12.1. The van der Waals surface area contributed by atoms with E-state index in [4.69, 9.17) is 14.2 Å². The highest BCUT2D eigenvalue weighted by Gasteiger charge is 2.35. The van der Waals surface area contributed by atoms with E-state index in [0.29, 0.717) is 35.5 Å². The molecule has 1 saturated heterocycles. The molecule has 114 valence electrons. The smallest absolute Gasteiger partial charge is 0.254 e. The number of hydrogen-bond donors (Lipinski definition) is 0. The van der Waals surface area contributed by atoms with E-state index in [0.717, 1.165) is 0 Å². The Bertz CT molecular complexity index is 561. The lowest BCUT2D eigenvalue weighted by Crippen LogP contribution is -2.55. The van der Waals surface area contributed by atoms with Gasteiger partial charge in [-0.2, -0.15) is 0 Å². The van der Waals surface area contributed by atoms with Gasteiger partial charge in [0.15, 0.2) is 11.5 Å². The van der Waals surface area contributed by atoms with Gasteiger partial charge in [0, 0.05) is 24.0 Å². The molecule has 3 rings (SSSR count). The van der Waals surface area contributed by atoms with E-state index in [9.17, 15) is 4.79 Å². The number of rotatable bonds is 2. The van der Waals surface area contributed by atoms with Crippen molar-refractivity contribution in [1.82, 2.24) is 4.90 Å². The molecule has 0 aliphatic carbocycles. The molecular weight excluding hydrogens is 338 g/mol. The number of benzene rings is 1. The van der Waals surface area contributed by atoms with Gasteiger partial charge in [0.25, 0.3) is 5.91 Å². The first-order chi connectivity index (χ1) is 9.98. The van der Waals surface area contributed by atoms with Gasteiger partial charge in [-0.1, -0.05) is 15.9 Å². The molecule has 1 atom stereocenters. The Labute approximate surface area is 132 Å². The fourth-order valence-electron chi connectivity index (χ4n) is 2.74. The average molecular weight is 356 g/mol. The molecule has 1 fully saturated rings. The molecule has 0 radical (unpaired) electrons. The molecule has 2 heterocycles. The van der Waals surface area contributed by atoms with Crippen LogP contribution in [0.1, 0.15) is 24.2 Å². The van der Waals surface area contributed by atoms with E-state index < -0.39 is 0 Å². The van der Waals surface area contributed by atoms with Crippen molar-refractivity contribution in [2.75, 3.05) is 25.2 Å². The Balaban J connectivity index is 1.81. The third-order valence-corrected chi connectivity index (χ3v) is 4.28. The van der Waals surface area contributed by atoms with Crippen LogP contribution < -0.4 is 9.47 Å². The summed E-state index contributed by atoms with van der Waals surface area (Å²) in [7, 11) is 0. The summed E-state index contributed by atoms with van der Waals surface area (Å²) in [5.41, 5.74) is 0.271. The molecule has 0 aromatic heterocycles. The number of carbonyl (C=O) groups is 1. The first-order valence-corrected chi connectivity index (χ1v) is 8.03. The van der Waals surface area contributed by atoms with E-state index >= 15 is 0 Å². The van der Waals surface area contributed by atoms with Crippen LogP contribution in [0.5, 0.6) is 11.5 Å². The van der Waals surface area contributed by atoms with Crippen LogP contribution in [-0.4, -0.2) is 47.7 Å². The van der Waals surface area contributed by atoms with Crippen molar-refractivity contribution in [2.45, 2.75) is 25.6 Å². The van der Waals surface area contributed by atoms with Gasteiger partial charge in [0.05, 0.1) is 11.7 Å². The fraction of sp³-hybridized carbons (Fsp3) is 0.533. The lowest BCUT2D eigenvalue weighted by atomic mass is 10.0. The topological polar surface area (TPSA) is 48.0 Å². The van der Waals surface area contributed by atoms with Crippen molar-refractivity contribution in [1.29, 1.82) is 0 Å². The summed E-state index contributed by atoms with van der Waals surface area (Å²) < 4.78 is 16.5. The predicted octanol–water partition coefficient (Wildman–Crippen LogP) is 2.43. The minimum absolute atomic E-state index is 0.00405. The largest absolute Gasteiger partial charge is 0.454 e. The number of carbonyl (C=O) groups excluding carboxylic acids is 1. The van der Waals surface area contributed by atoms with Crippen LogP contribution in [0.3, 0.4) is 0 Å². The van der Waals surface area contributed by atoms with Gasteiger partial charge in [0.2, 0.25) is 6.79 Å². The lowest BCUT2D eigenvalue weighted by molar-refractivity contribution is -0.116. The summed E-state index contributed by atoms with van der Waals surface area (Å²) in [5, 5.41) is 0.710. The summed E-state index contributed by atoms with van der Waals surface area (Å²) in [4.78, 5) is 14.5. The molecule has 0 spiro atoms. The van der Waals surface area contributed by atoms with Crippen molar-refractivity contribution in [3.05, 3.63) is 23.8 Å². The number of fused-ring (bicyclic) bond motifs is 1. The highest BCUT2D eigenvalue weighted by atomic mass is 79.9. The number of halogens is 1. The maximum Gasteiger partial charge on any atom is 0.254 e. The molecule has 21 heavy (non-hydrogen) atoms. The minimum Gasteiger partial charge on any atom is -0.454 e. The number of ether oxygens (including phenoxy) is 3. The maximum atomic E-state index is 12.7. The Morgan fingerprint density at radius 1 is 1.38 bits per heavy atom. The van der Waals surface area contributed by atoms with E-state index in [2.05, 4.69) is 15.9 Å². The van der Waals surface area contributed by atoms with Gasteiger partial charge in [-0.05, 0) is 32.0 Å². The molecule has 6 heteroatoms. The molecule has 2 aliphatic heterocycles. The second-order valence-electron chi connectivity index (χ2n) is 5.91. The quantitative estimate of drug-likeness (QED) is 0.764. The number of nitrogens with zero attached hydrogens (tertiary/aromatic N) is 1. The molecular formula is C15H18BrNO4. The van der Waals surface area contributed by atoms with Crippen LogP contribution >= 0.6 is 15.9 Å². The van der Waals surface area contributed by atoms with Crippen molar-refractivity contribution in [3.8, 4) is 11.5 Å². The van der Waals surface area contributed by atoms with Crippen LogP contribution in [0.15, 0.2) is 18.2 Å². The lowest BCUT2D eigenvalue weighted by Gasteiger charge is -2.42. The summed E-state index contributed by atoms with van der Waals surface area (Å²) in [5.74, 6) is 1.31. The van der Waals surface area contributed by atoms with Gasteiger partial charge in [-0.25, -0.2) is 0 Å². The second kappa shape index (κ2) is 5.50. The summed E-state index contributed by atoms with van der Waals surface area (Å²) in [6.45, 7) is 5.37. The minimum atomic E-state index is -0.345. The summed E-state index contributed by atoms with van der Waals surface area (Å²) >= 11 is 3.44. The molecule has 1 aromatic rings. The van der Waals surface area contributed by atoms with Gasteiger partial charge in [0.1, 0.15) is 0 Å². The highest BCUT2D eigenvalue weighted by molar-refractivity contribution is 9.09. The normalized spacial score (nSPS) is 23.2. The van der Waals surface area contributed by atoms with Crippen LogP contribution in [-0.2, 0) is 4.74 Å². The number of amides is 1. The zero-order chi connectivity index (χ0) is 15.0. The summed E-state index contributed by atoms with van der Waals surface area (Å²) in [6.07, 6.45) is 0.00621. The molecule has 0 saturated carbocycles. The monoisotopic (exact) mass is 355 g/mol. The number of alkyl halides is 1. The third kappa shape index (κ3) is 3.01. The van der Waals surface area contributed by atoms with Gasteiger partial charge in [-0.3, -0.25) is 4.79 Å². The Hall–Kier alpha value is -1.27. The van der Waals surface area contributed by atoms with Crippen LogP contribution in [0, 0.1) is 0 Å². The van der Waals surface area contributed by atoms with E-state index in [1.165, 1.54) is 0 Å². The van der Waals surface area contributed by atoms with Crippen LogP contribution in [0.25, 0.3) is 0 Å². The average Bonchev–Trinajstić information content (AvgIpc) is 2.92. The molecule has 1 amide bonds. The second-order valence-corrected chi connectivity index (χ2v) is 6.56. The Kier molecular flexibility index (Phi) is 3.84. The zero-order valence-corrected chi connectivity index (χ0v) is 13.7. The molecule has 5 nitrogen and oxygen atoms in total. The van der Waals surface area contributed by atoms with Crippen molar-refractivity contribution in [2.24, 2.45) is 0 Å². The van der Waals surface area contributed by atoms with Crippen LogP contribution in [0.2, 0.25) is 0 Å². The van der Waals surface area contributed by atoms with Gasteiger partial charge >= 0.3 is 0 Å². The van der Waals surface area contributed by atoms with E-state index in [1.807, 2.05) is 18.7 Å². The molecule has 1 aromatic carbocycles. The van der Waals surface area contributed by atoms with E-state index in [1.54, 1.807) is 18.2 Å². The van der Waals surface area contributed by atoms with E-state index in [-0.39, 0.29) is 24.4 Å². The molecule has 0 N–H and O–H groups in total. The van der Waals surface area contributed by atoms with Gasteiger partial charge in [-0.15, -0.1) is 0 Å². The Morgan fingerprint density at radius 2 is 2.14 bits per heavy atom. The molecule has 2 aliphatic rings. The first kappa shape index (κ1) is 14.7. The maximum absolute atomic E-state index is 12.7. The van der Waals surface area contributed by atoms with Gasteiger partial charge < -0.3 is 19.1 Å². The number of hydrogen-bond acceptors (Lipinski definition) is 4. The van der Waals surface area contributed by atoms with Crippen molar-refractivity contribution >= 4 is 21.8 Å².